The van der Waals surface area contributed by atoms with E-state index in [1.54, 1.807) is 27.9 Å². The number of halogens is 1. The molecule has 0 N–H and O–H groups in total. The second kappa shape index (κ2) is 9.92. The minimum Gasteiger partial charge on any atom is -0.427 e. The van der Waals surface area contributed by atoms with Crippen LogP contribution in [0.4, 0.5) is 9.18 Å². The predicted molar refractivity (Wildman–Crippen MR) is 138 cm³/mol. The Hall–Kier alpha value is -4.05. The highest BCUT2D eigenvalue weighted by Crippen LogP contribution is 2.46. The van der Waals surface area contributed by atoms with Gasteiger partial charge in [-0.25, -0.2) is 14.1 Å². The van der Waals surface area contributed by atoms with E-state index in [1.165, 1.54) is 12.1 Å². The highest BCUT2D eigenvalue weighted by atomic mass is 19.1. The van der Waals surface area contributed by atoms with Gasteiger partial charge in [0.15, 0.2) is 0 Å². The van der Waals surface area contributed by atoms with Gasteiger partial charge in [-0.15, -0.1) is 0 Å². The smallest absolute Gasteiger partial charge is 0.418 e. The zero-order valence-electron chi connectivity index (χ0n) is 21.6. The number of benzene rings is 2. The third-order valence-corrected chi connectivity index (χ3v) is 7.91. The van der Waals surface area contributed by atoms with Crippen LogP contribution in [0.15, 0.2) is 54.9 Å². The van der Waals surface area contributed by atoms with Gasteiger partial charge < -0.3 is 14.4 Å². The Labute approximate surface area is 225 Å². The van der Waals surface area contributed by atoms with Crippen LogP contribution in [-0.4, -0.2) is 63.3 Å². The van der Waals surface area contributed by atoms with Gasteiger partial charge in [0.25, 0.3) is 5.91 Å². The predicted octanol–water partition coefficient (Wildman–Crippen LogP) is 3.55. The molecule has 3 aliphatic rings. The number of fused-ring (bicyclic) bond motifs is 2. The first-order valence-electron chi connectivity index (χ1n) is 13.1. The monoisotopic (exact) mass is 532 g/mol. The molecule has 1 atom stereocenters. The topological polar surface area (TPSA) is 94.0 Å². The standard InChI is InChI=1S/C29H29FN4O5/c1-32-17-22(15-31-32)20-4-7-25-21(14-20)8-11-29(25)27(36)34(28(37)39-29)18-26(35)33(24-9-12-38-13-10-24)16-19-2-5-23(30)6-3-19/h2-7,14-15,17,24H,8-13,16,18H2,1H3/t29-/m1/s1. The number of imide groups is 1. The van der Waals surface area contributed by atoms with Crippen LogP contribution in [0.1, 0.15) is 36.0 Å². The van der Waals surface area contributed by atoms with E-state index in [9.17, 15) is 18.8 Å². The van der Waals surface area contributed by atoms with Gasteiger partial charge in [0.1, 0.15) is 12.4 Å². The molecule has 2 saturated heterocycles. The zero-order chi connectivity index (χ0) is 27.1. The van der Waals surface area contributed by atoms with E-state index in [0.29, 0.717) is 44.5 Å². The fraction of sp³-hybridized carbons (Fsp3) is 0.379. The van der Waals surface area contributed by atoms with Crippen molar-refractivity contribution >= 4 is 17.9 Å². The Morgan fingerprint density at radius 2 is 1.90 bits per heavy atom. The van der Waals surface area contributed by atoms with Crippen LogP contribution in [-0.2, 0) is 44.7 Å². The van der Waals surface area contributed by atoms with E-state index in [4.69, 9.17) is 9.47 Å². The Morgan fingerprint density at radius 3 is 2.62 bits per heavy atom. The van der Waals surface area contributed by atoms with E-state index in [1.807, 2.05) is 31.4 Å². The van der Waals surface area contributed by atoms with Crippen molar-refractivity contribution in [2.24, 2.45) is 7.05 Å². The normalized spacial score (nSPS) is 20.9. The van der Waals surface area contributed by atoms with Crippen LogP contribution in [0.3, 0.4) is 0 Å². The molecule has 3 aromatic rings. The minimum absolute atomic E-state index is 0.114. The van der Waals surface area contributed by atoms with Crippen molar-refractivity contribution in [3.63, 3.8) is 0 Å². The van der Waals surface area contributed by atoms with Crippen molar-refractivity contribution in [1.82, 2.24) is 19.6 Å². The van der Waals surface area contributed by atoms with Gasteiger partial charge in [0, 0.05) is 56.6 Å². The number of rotatable bonds is 6. The lowest BCUT2D eigenvalue weighted by atomic mass is 9.93. The second-order valence-corrected chi connectivity index (χ2v) is 10.4. The molecule has 39 heavy (non-hydrogen) atoms. The number of carbonyl (C=O) groups is 3. The third kappa shape index (κ3) is 4.58. The summed E-state index contributed by atoms with van der Waals surface area (Å²) in [7, 11) is 1.85. The summed E-state index contributed by atoms with van der Waals surface area (Å²) in [5.74, 6) is -1.23. The number of ether oxygens (including phenoxy) is 2. The lowest BCUT2D eigenvalue weighted by molar-refractivity contribution is -0.144. The molecule has 2 aliphatic heterocycles. The molecule has 10 heteroatoms. The molecule has 6 rings (SSSR count). The van der Waals surface area contributed by atoms with E-state index in [2.05, 4.69) is 5.10 Å². The quantitative estimate of drug-likeness (QED) is 0.482. The van der Waals surface area contributed by atoms with Crippen molar-refractivity contribution < 1.29 is 28.2 Å². The number of hydrogen-bond acceptors (Lipinski definition) is 6. The first-order chi connectivity index (χ1) is 18.8. The average Bonchev–Trinajstić information content (AvgIpc) is 3.61. The highest BCUT2D eigenvalue weighted by molar-refractivity contribution is 6.06. The summed E-state index contributed by atoms with van der Waals surface area (Å²) in [5, 5.41) is 4.22. The Kier molecular flexibility index (Phi) is 6.42. The maximum absolute atomic E-state index is 13.7. The average molecular weight is 533 g/mol. The summed E-state index contributed by atoms with van der Waals surface area (Å²) >= 11 is 0. The van der Waals surface area contributed by atoms with Gasteiger partial charge in [0.05, 0.1) is 6.20 Å². The molecule has 2 fully saturated rings. The highest BCUT2D eigenvalue weighted by Gasteiger charge is 2.58. The molecule has 0 bridgehead atoms. The molecule has 0 unspecified atom stereocenters. The molecule has 1 spiro atoms. The van der Waals surface area contributed by atoms with E-state index < -0.39 is 24.1 Å². The fourth-order valence-corrected chi connectivity index (χ4v) is 5.83. The lowest BCUT2D eigenvalue weighted by Gasteiger charge is -2.35. The van der Waals surface area contributed by atoms with Crippen LogP contribution in [0.2, 0.25) is 0 Å². The molecule has 0 saturated carbocycles. The molecule has 1 aliphatic carbocycles. The number of nitrogens with zero attached hydrogens (tertiary/aromatic N) is 4. The Balaban J connectivity index is 1.23. The summed E-state index contributed by atoms with van der Waals surface area (Å²) in [6.45, 7) is 0.861. The van der Waals surface area contributed by atoms with Crippen molar-refractivity contribution in [2.45, 2.75) is 43.9 Å². The lowest BCUT2D eigenvalue weighted by Crippen LogP contribution is -2.49. The zero-order valence-corrected chi connectivity index (χ0v) is 21.6. The molecule has 3 amide bonds. The maximum Gasteiger partial charge on any atom is 0.418 e. The van der Waals surface area contributed by atoms with Gasteiger partial charge in [-0.05, 0) is 48.1 Å². The molecule has 2 aromatic carbocycles. The van der Waals surface area contributed by atoms with Crippen LogP contribution in [0.25, 0.3) is 11.1 Å². The number of carbonyl (C=O) groups excluding carboxylic acids is 3. The Bertz CT molecular complexity index is 1430. The van der Waals surface area contributed by atoms with Crippen molar-refractivity contribution in [1.29, 1.82) is 0 Å². The summed E-state index contributed by atoms with van der Waals surface area (Å²) < 4.78 is 26.4. The minimum atomic E-state index is -1.42. The molecule has 0 radical (unpaired) electrons. The van der Waals surface area contributed by atoms with Gasteiger partial charge in [-0.2, -0.15) is 5.10 Å². The van der Waals surface area contributed by atoms with Crippen LogP contribution in [0.5, 0.6) is 0 Å². The van der Waals surface area contributed by atoms with Crippen LogP contribution >= 0.6 is 0 Å². The Morgan fingerprint density at radius 1 is 1.13 bits per heavy atom. The van der Waals surface area contributed by atoms with Gasteiger partial charge in [-0.1, -0.05) is 30.3 Å². The maximum atomic E-state index is 13.7. The number of aryl methyl sites for hydroxylation is 2. The summed E-state index contributed by atoms with van der Waals surface area (Å²) in [6, 6.07) is 11.6. The number of amides is 3. The summed E-state index contributed by atoms with van der Waals surface area (Å²) in [5.41, 5.74) is 2.87. The molecule has 202 valence electrons. The molecule has 3 heterocycles. The van der Waals surface area contributed by atoms with Crippen LogP contribution < -0.4 is 0 Å². The van der Waals surface area contributed by atoms with Gasteiger partial charge in [-0.3, -0.25) is 14.3 Å². The molecule has 9 nitrogen and oxygen atoms in total. The third-order valence-electron chi connectivity index (χ3n) is 7.91. The first kappa shape index (κ1) is 25.2. The van der Waals surface area contributed by atoms with Crippen LogP contribution in [0, 0.1) is 5.82 Å². The number of hydrogen-bond donors (Lipinski definition) is 0. The van der Waals surface area contributed by atoms with E-state index in [0.717, 1.165) is 27.2 Å². The van der Waals surface area contributed by atoms with Crippen molar-refractivity contribution in [3.05, 3.63) is 77.4 Å². The van der Waals surface area contributed by atoms with Crippen molar-refractivity contribution in [3.8, 4) is 11.1 Å². The SMILES string of the molecule is Cn1cc(-c2ccc3c(c2)CC[C@@]32OC(=O)N(CC(=O)N(Cc3ccc(F)cc3)C3CCOCC3)C2=O)cn1. The summed E-state index contributed by atoms with van der Waals surface area (Å²) in [6.07, 6.45) is 5.05. The first-order valence-corrected chi connectivity index (χ1v) is 13.1. The molecule has 1 aromatic heterocycles. The fourth-order valence-electron chi connectivity index (χ4n) is 5.83. The molecular formula is C29H29FN4O5. The summed E-state index contributed by atoms with van der Waals surface area (Å²) in [4.78, 5) is 43.0. The van der Waals surface area contributed by atoms with Gasteiger partial charge in [0.2, 0.25) is 11.5 Å². The van der Waals surface area contributed by atoms with Crippen molar-refractivity contribution in [2.75, 3.05) is 19.8 Å². The van der Waals surface area contributed by atoms with E-state index >= 15 is 0 Å². The molecular weight excluding hydrogens is 503 g/mol. The van der Waals surface area contributed by atoms with E-state index in [-0.39, 0.29) is 24.3 Å². The largest absolute Gasteiger partial charge is 0.427 e. The number of aromatic nitrogens is 2. The van der Waals surface area contributed by atoms with Gasteiger partial charge >= 0.3 is 6.09 Å². The second-order valence-electron chi connectivity index (χ2n) is 10.4.